The number of fused-ring (bicyclic) bond motifs is 1. The van der Waals surface area contributed by atoms with Gasteiger partial charge in [0.15, 0.2) is 0 Å². The fourth-order valence-corrected chi connectivity index (χ4v) is 7.01. The summed E-state index contributed by atoms with van der Waals surface area (Å²) < 4.78 is 1.37. The molecule has 0 amide bonds. The van der Waals surface area contributed by atoms with Crippen molar-refractivity contribution in [1.82, 2.24) is 4.90 Å². The first-order chi connectivity index (χ1) is 18.8. The van der Waals surface area contributed by atoms with E-state index in [9.17, 15) is 0 Å². The molecule has 1 N–H and O–H groups in total. The average molecular weight is 659 g/mol. The van der Waals surface area contributed by atoms with E-state index in [4.69, 9.17) is 0 Å². The minimum Gasteiger partial charge on any atom is -1.00 e. The predicted molar refractivity (Wildman–Crippen MR) is 172 cm³/mol. The van der Waals surface area contributed by atoms with Crippen molar-refractivity contribution in [3.63, 3.8) is 0 Å². The Labute approximate surface area is 306 Å². The molecule has 0 radical (unpaired) electrons. The van der Waals surface area contributed by atoms with Gasteiger partial charge in [0.05, 0.1) is 23.7 Å². The molecule has 41 heavy (non-hydrogen) atoms. The molecule has 0 aliphatic carbocycles. The molecule has 1 heterocycles. The van der Waals surface area contributed by atoms with Crippen molar-refractivity contribution < 1.29 is 73.3 Å². The molecule has 4 rings (SSSR count). The molecular weight excluding hydrogens is 611 g/mol. The second-order valence-electron chi connectivity index (χ2n) is 11.3. The van der Waals surface area contributed by atoms with E-state index in [1.54, 1.807) is 4.90 Å². The van der Waals surface area contributed by atoms with Crippen molar-refractivity contribution in [1.29, 1.82) is 0 Å². The molecule has 2 nitrogen and oxygen atoms in total. The first-order valence-corrected chi connectivity index (χ1v) is 15.6. The maximum Gasteiger partial charge on any atom is 1.00 e. The van der Waals surface area contributed by atoms with Crippen LogP contribution in [0, 0.1) is 27.7 Å². The van der Waals surface area contributed by atoms with Gasteiger partial charge in [-0.25, -0.2) is 0 Å². The topological polar surface area (TPSA) is 7.68 Å². The number of allylic oxidation sites excluding steroid dienone is 1. The number of quaternary nitrogens is 1. The van der Waals surface area contributed by atoms with Crippen molar-refractivity contribution in [3.8, 4) is 0 Å². The number of hydrogen-bond donors (Lipinski definition) is 1. The maximum absolute atomic E-state index is 2.65. The summed E-state index contributed by atoms with van der Waals surface area (Å²) in [5.74, 6) is 0. The van der Waals surface area contributed by atoms with Crippen LogP contribution in [0.3, 0.4) is 0 Å². The Balaban J connectivity index is 0.00000294. The van der Waals surface area contributed by atoms with Gasteiger partial charge in [-0.1, -0.05) is 89.9 Å². The molecule has 0 aliphatic rings. The van der Waals surface area contributed by atoms with E-state index in [0.29, 0.717) is 0 Å². The molecule has 3 aromatic carbocycles. The summed E-state index contributed by atoms with van der Waals surface area (Å²) in [6, 6.07) is 25.2. The van der Waals surface area contributed by atoms with Gasteiger partial charge in [-0.3, -0.25) is 0 Å². The van der Waals surface area contributed by atoms with Crippen LogP contribution in [-0.2, 0) is 13.1 Å². The Morgan fingerprint density at radius 3 is 2.00 bits per heavy atom. The summed E-state index contributed by atoms with van der Waals surface area (Å²) in [6.45, 7) is 19.0. The molecule has 0 aliphatic heterocycles. The van der Waals surface area contributed by atoms with Gasteiger partial charge in [0, 0.05) is 23.4 Å². The van der Waals surface area contributed by atoms with Gasteiger partial charge < -0.3 is 26.8 Å². The predicted octanol–water partition coefficient (Wildman–Crippen LogP) is 2.28. The normalized spacial score (nSPS) is 12.1. The van der Waals surface area contributed by atoms with Gasteiger partial charge in [0.1, 0.15) is 6.54 Å². The third-order valence-electron chi connectivity index (χ3n) is 7.52. The van der Waals surface area contributed by atoms with Crippen LogP contribution in [0.5, 0.6) is 0 Å². The monoisotopic (exact) mass is 657 g/mol. The Morgan fingerprint density at radius 2 is 1.41 bits per heavy atom. The van der Waals surface area contributed by atoms with Crippen LogP contribution in [0.1, 0.15) is 71.4 Å². The summed E-state index contributed by atoms with van der Waals surface area (Å²) in [7, 11) is 0. The van der Waals surface area contributed by atoms with Crippen molar-refractivity contribution in [2.45, 2.75) is 73.9 Å². The van der Waals surface area contributed by atoms with Crippen LogP contribution >= 0.6 is 11.3 Å². The zero-order valence-corrected chi connectivity index (χ0v) is 31.8. The quantitative estimate of drug-likeness (QED) is 0.171. The van der Waals surface area contributed by atoms with Crippen LogP contribution in [0.4, 0.5) is 0 Å². The number of benzene rings is 3. The van der Waals surface area contributed by atoms with Crippen LogP contribution in [-0.4, -0.2) is 24.5 Å². The molecule has 0 saturated carbocycles. The van der Waals surface area contributed by atoms with Crippen molar-refractivity contribution in [2.24, 2.45) is 0 Å². The number of unbranched alkanes of at least 4 members (excludes halogenated alkanes) is 1. The van der Waals surface area contributed by atoms with Gasteiger partial charge in [-0.2, -0.15) is 0 Å². The van der Waals surface area contributed by atoms with E-state index < -0.39 is 0 Å². The van der Waals surface area contributed by atoms with Gasteiger partial charge in [-0.05, 0) is 77.0 Å². The van der Waals surface area contributed by atoms with Gasteiger partial charge in [0.2, 0.25) is 0 Å². The number of nitrogens with one attached hydrogen (secondary N) is 1. The van der Waals surface area contributed by atoms with Crippen LogP contribution < -0.4 is 73.3 Å². The summed E-state index contributed by atoms with van der Waals surface area (Å²) in [6.07, 6.45) is 5.92. The van der Waals surface area contributed by atoms with Crippen LogP contribution in [0.25, 0.3) is 15.8 Å². The third kappa shape index (κ3) is 11.0. The summed E-state index contributed by atoms with van der Waals surface area (Å²) in [5.41, 5.74) is 9.72. The fraction of sp³-hybridized carbons (Fsp3) is 0.389. The first-order valence-electron chi connectivity index (χ1n) is 14.8. The molecule has 0 saturated heterocycles. The Bertz CT molecular complexity index is 1340. The smallest absolute Gasteiger partial charge is 1.00 e. The summed E-state index contributed by atoms with van der Waals surface area (Å²) in [5, 5.41) is 1.35. The van der Waals surface area contributed by atoms with Crippen molar-refractivity contribution in [2.75, 3.05) is 19.6 Å². The molecule has 1 atom stereocenters. The van der Waals surface area contributed by atoms with E-state index in [1.165, 1.54) is 80.0 Å². The standard InChI is InChI=1S/C36H46N2S.BrH.K/c1-7-13-34(36-24-33-14-9-10-15-35(33)39-36)38(26-32-22-29(5)19-30(6)23-32)17-12-11-16-37(8-2)25-31-20-27(3)18-28(4)21-31;;/h9-10,13-15,18-24H,7-8,11-12,16-17,25-26H2,1-6H3;1H;/q;;+1/b34-13+;;. The molecule has 1 aromatic heterocycles. The average Bonchev–Trinajstić information content (AvgIpc) is 3.31. The minimum atomic E-state index is 0. The van der Waals surface area contributed by atoms with E-state index in [0.717, 1.165) is 26.1 Å². The number of nitrogens with zero attached hydrogens (tertiary/aromatic N) is 1. The Morgan fingerprint density at radius 1 is 0.805 bits per heavy atom. The Hall–Kier alpha value is -0.764. The van der Waals surface area contributed by atoms with E-state index in [2.05, 4.69) is 119 Å². The van der Waals surface area contributed by atoms with E-state index in [1.807, 2.05) is 11.3 Å². The number of hydrogen-bond acceptors (Lipinski definition) is 2. The zero-order chi connectivity index (χ0) is 27.8. The number of rotatable bonds is 13. The van der Waals surface area contributed by atoms with Crippen molar-refractivity contribution in [3.05, 3.63) is 111 Å². The van der Waals surface area contributed by atoms with Gasteiger partial charge >= 0.3 is 51.4 Å². The molecule has 0 bridgehead atoms. The Kier molecular flexibility index (Phi) is 16.1. The minimum absolute atomic E-state index is 0. The zero-order valence-electron chi connectivity index (χ0n) is 26.3. The molecule has 0 spiro atoms. The third-order valence-corrected chi connectivity index (χ3v) is 8.65. The summed E-state index contributed by atoms with van der Waals surface area (Å²) in [4.78, 5) is 5.71. The second kappa shape index (κ2) is 18.1. The molecular formula is C36H47BrKN2S+. The molecule has 5 heteroatoms. The molecule has 1 unspecified atom stereocenters. The molecule has 214 valence electrons. The van der Waals surface area contributed by atoms with Crippen LogP contribution in [0.2, 0.25) is 0 Å². The first kappa shape index (κ1) is 36.4. The second-order valence-corrected chi connectivity index (χ2v) is 12.4. The number of thiophene rings is 1. The SMILES string of the molecule is CC/C=C(\c1cc2ccccc2s1)N(CCCC[NH+](CC)Cc1cc(C)cc(C)c1)Cc1cc(C)cc(C)c1.[Br-].[K+]. The van der Waals surface area contributed by atoms with Crippen LogP contribution in [0.15, 0.2) is 72.8 Å². The maximum atomic E-state index is 2.65. The largest absolute Gasteiger partial charge is 1.00 e. The van der Waals surface area contributed by atoms with Gasteiger partial charge in [-0.15, -0.1) is 11.3 Å². The van der Waals surface area contributed by atoms with E-state index in [-0.39, 0.29) is 68.4 Å². The molecule has 0 fully saturated rings. The van der Waals surface area contributed by atoms with E-state index >= 15 is 0 Å². The fourth-order valence-electron chi connectivity index (χ4n) is 5.88. The van der Waals surface area contributed by atoms with Gasteiger partial charge in [0.25, 0.3) is 0 Å². The van der Waals surface area contributed by atoms with Crippen molar-refractivity contribution >= 4 is 27.1 Å². The molecule has 4 aromatic rings. The summed E-state index contributed by atoms with van der Waals surface area (Å²) >= 11 is 1.93. The number of aryl methyl sites for hydroxylation is 4. The number of halogens is 1.